The summed E-state index contributed by atoms with van der Waals surface area (Å²) in [6.07, 6.45) is 0. The van der Waals surface area contributed by atoms with Crippen LogP contribution < -0.4 is 15.8 Å². The van der Waals surface area contributed by atoms with Crippen LogP contribution in [0.4, 0.5) is 11.5 Å². The first kappa shape index (κ1) is 18.4. The summed E-state index contributed by atoms with van der Waals surface area (Å²) in [7, 11) is 3.88. The second-order valence-corrected chi connectivity index (χ2v) is 6.58. The van der Waals surface area contributed by atoms with E-state index >= 15 is 0 Å². The molecule has 2 aromatic heterocycles. The highest BCUT2D eigenvalue weighted by atomic mass is 16.1. The molecule has 27 heavy (non-hydrogen) atoms. The fourth-order valence-corrected chi connectivity index (χ4v) is 2.58. The van der Waals surface area contributed by atoms with Crippen LogP contribution in [-0.4, -0.2) is 39.8 Å². The smallest absolute Gasteiger partial charge is 0.256 e. The highest BCUT2D eigenvalue weighted by Gasteiger charge is 2.15. The minimum Gasteiger partial charge on any atom is -0.378 e. The molecule has 0 radical (unpaired) electrons. The van der Waals surface area contributed by atoms with Gasteiger partial charge >= 0.3 is 0 Å². The number of aromatic amines is 1. The Bertz CT molecular complexity index is 1050. The molecule has 0 aliphatic heterocycles. The normalized spacial score (nSPS) is 10.7. The zero-order valence-electron chi connectivity index (χ0n) is 16.0. The van der Waals surface area contributed by atoms with Gasteiger partial charge in [-0.2, -0.15) is 9.78 Å². The SMILES string of the molecule is Cc1cc(NC(=O)c2ccc(N(C)C)cc2)n(-c2nc(C)c(C)c(=O)[nH]2)n1. The lowest BCUT2D eigenvalue weighted by molar-refractivity contribution is 0.102. The second kappa shape index (κ2) is 7.06. The number of nitrogens with zero attached hydrogens (tertiary/aromatic N) is 4. The number of aryl methyl sites for hydroxylation is 2. The number of carbonyl (C=O) groups excluding carboxylic acids is 1. The van der Waals surface area contributed by atoms with Crippen molar-refractivity contribution in [2.75, 3.05) is 24.3 Å². The third kappa shape index (κ3) is 3.74. The second-order valence-electron chi connectivity index (χ2n) is 6.58. The molecular weight excluding hydrogens is 344 g/mol. The fourth-order valence-electron chi connectivity index (χ4n) is 2.58. The van der Waals surface area contributed by atoms with Crippen LogP contribution in [0.2, 0.25) is 0 Å². The van der Waals surface area contributed by atoms with Crippen molar-refractivity contribution in [3.05, 3.63) is 63.2 Å². The summed E-state index contributed by atoms with van der Waals surface area (Å²) in [6, 6.07) is 8.99. The van der Waals surface area contributed by atoms with E-state index in [1.807, 2.05) is 31.1 Å². The van der Waals surface area contributed by atoms with Crippen molar-refractivity contribution in [2.45, 2.75) is 20.8 Å². The van der Waals surface area contributed by atoms with E-state index in [1.54, 1.807) is 39.0 Å². The molecule has 0 fully saturated rings. The van der Waals surface area contributed by atoms with Crippen LogP contribution in [0, 0.1) is 20.8 Å². The van der Waals surface area contributed by atoms with Crippen LogP contribution in [-0.2, 0) is 0 Å². The Labute approximate surface area is 156 Å². The highest BCUT2D eigenvalue weighted by molar-refractivity contribution is 6.04. The van der Waals surface area contributed by atoms with Gasteiger partial charge in [0.1, 0.15) is 5.82 Å². The van der Waals surface area contributed by atoms with E-state index in [9.17, 15) is 9.59 Å². The van der Waals surface area contributed by atoms with Crippen molar-refractivity contribution in [3.8, 4) is 5.95 Å². The number of hydrogen-bond acceptors (Lipinski definition) is 5. The monoisotopic (exact) mass is 366 g/mol. The predicted molar refractivity (Wildman–Crippen MR) is 105 cm³/mol. The standard InChI is InChI=1S/C19H22N6O2/c1-11-10-16(21-18(27)14-6-8-15(9-7-14)24(4)5)25(23-11)19-20-13(3)12(2)17(26)22-19/h6-10H,1-5H3,(H,21,27)(H,20,22,26). The molecule has 0 spiro atoms. The molecule has 0 aliphatic carbocycles. The Balaban J connectivity index is 1.92. The Hall–Kier alpha value is -3.42. The number of anilines is 2. The van der Waals surface area contributed by atoms with E-state index in [-0.39, 0.29) is 17.4 Å². The number of H-pyrrole nitrogens is 1. The van der Waals surface area contributed by atoms with Gasteiger partial charge in [0.05, 0.1) is 5.69 Å². The molecule has 0 atom stereocenters. The summed E-state index contributed by atoms with van der Waals surface area (Å²) in [4.78, 5) is 33.7. The molecule has 3 rings (SSSR count). The van der Waals surface area contributed by atoms with Crippen LogP contribution in [0.3, 0.4) is 0 Å². The van der Waals surface area contributed by atoms with Gasteiger partial charge in [0.25, 0.3) is 11.5 Å². The molecule has 0 saturated carbocycles. The number of hydrogen-bond donors (Lipinski definition) is 2. The number of benzene rings is 1. The van der Waals surface area contributed by atoms with E-state index in [1.165, 1.54) is 4.68 Å². The van der Waals surface area contributed by atoms with Gasteiger partial charge < -0.3 is 10.2 Å². The fraction of sp³-hybridized carbons (Fsp3) is 0.263. The van der Waals surface area contributed by atoms with E-state index in [4.69, 9.17) is 0 Å². The number of rotatable bonds is 4. The lowest BCUT2D eigenvalue weighted by atomic mass is 10.2. The first-order valence-electron chi connectivity index (χ1n) is 8.49. The van der Waals surface area contributed by atoms with E-state index in [0.717, 1.165) is 5.69 Å². The van der Waals surface area contributed by atoms with Gasteiger partial charge in [0.2, 0.25) is 5.95 Å². The predicted octanol–water partition coefficient (Wildman–Crippen LogP) is 2.20. The zero-order valence-corrected chi connectivity index (χ0v) is 16.0. The van der Waals surface area contributed by atoms with Crippen molar-refractivity contribution >= 4 is 17.4 Å². The van der Waals surface area contributed by atoms with Crippen molar-refractivity contribution in [2.24, 2.45) is 0 Å². The zero-order chi connectivity index (χ0) is 19.7. The van der Waals surface area contributed by atoms with Crippen LogP contribution in [0.1, 0.15) is 27.3 Å². The summed E-state index contributed by atoms with van der Waals surface area (Å²) in [6.45, 7) is 5.27. The Kier molecular flexibility index (Phi) is 4.81. The van der Waals surface area contributed by atoms with Crippen molar-refractivity contribution in [1.29, 1.82) is 0 Å². The Morgan fingerprint density at radius 3 is 2.41 bits per heavy atom. The lowest BCUT2D eigenvalue weighted by Gasteiger charge is -2.13. The lowest BCUT2D eigenvalue weighted by Crippen LogP contribution is -2.21. The average Bonchev–Trinajstić information content (AvgIpc) is 2.99. The number of nitrogens with one attached hydrogen (secondary N) is 2. The molecule has 1 amide bonds. The summed E-state index contributed by atoms with van der Waals surface area (Å²) in [5.41, 5.74) is 3.14. The van der Waals surface area contributed by atoms with Crippen LogP contribution >= 0.6 is 0 Å². The molecule has 3 aromatic rings. The maximum absolute atomic E-state index is 12.6. The summed E-state index contributed by atoms with van der Waals surface area (Å²) >= 11 is 0. The van der Waals surface area contributed by atoms with Gasteiger partial charge in [-0.15, -0.1) is 0 Å². The number of carbonyl (C=O) groups is 1. The Morgan fingerprint density at radius 2 is 1.81 bits per heavy atom. The average molecular weight is 366 g/mol. The molecule has 140 valence electrons. The molecule has 0 unspecified atom stereocenters. The molecule has 2 heterocycles. The molecule has 2 N–H and O–H groups in total. The van der Waals surface area contributed by atoms with Crippen molar-refractivity contribution in [1.82, 2.24) is 19.7 Å². The highest BCUT2D eigenvalue weighted by Crippen LogP contribution is 2.17. The van der Waals surface area contributed by atoms with E-state index < -0.39 is 0 Å². The minimum absolute atomic E-state index is 0.234. The minimum atomic E-state index is -0.271. The first-order chi connectivity index (χ1) is 12.8. The van der Waals surface area contributed by atoms with Gasteiger partial charge in [-0.1, -0.05) is 0 Å². The van der Waals surface area contributed by atoms with Crippen molar-refractivity contribution < 1.29 is 4.79 Å². The third-order valence-corrected chi connectivity index (χ3v) is 4.30. The molecule has 0 aliphatic rings. The third-order valence-electron chi connectivity index (χ3n) is 4.30. The van der Waals surface area contributed by atoms with Gasteiger partial charge in [-0.05, 0) is 45.0 Å². The molecule has 0 bridgehead atoms. The quantitative estimate of drug-likeness (QED) is 0.738. The Morgan fingerprint density at radius 1 is 1.15 bits per heavy atom. The number of amides is 1. The van der Waals surface area contributed by atoms with Gasteiger partial charge in [-0.25, -0.2) is 4.98 Å². The van der Waals surface area contributed by atoms with Crippen LogP contribution in [0.25, 0.3) is 5.95 Å². The van der Waals surface area contributed by atoms with E-state index in [2.05, 4.69) is 20.4 Å². The molecule has 0 saturated heterocycles. The molecule has 1 aromatic carbocycles. The van der Waals surface area contributed by atoms with Crippen molar-refractivity contribution in [3.63, 3.8) is 0 Å². The first-order valence-corrected chi connectivity index (χ1v) is 8.49. The summed E-state index contributed by atoms with van der Waals surface area (Å²) < 4.78 is 1.43. The topological polar surface area (TPSA) is 95.9 Å². The largest absolute Gasteiger partial charge is 0.378 e. The molecule has 8 nitrogen and oxygen atoms in total. The maximum atomic E-state index is 12.6. The van der Waals surface area contributed by atoms with Crippen LogP contribution in [0.15, 0.2) is 35.1 Å². The van der Waals surface area contributed by atoms with Gasteiger partial charge in [0.15, 0.2) is 0 Å². The number of aromatic nitrogens is 4. The van der Waals surface area contributed by atoms with Gasteiger partial charge in [-0.3, -0.25) is 14.6 Å². The molecule has 8 heteroatoms. The maximum Gasteiger partial charge on any atom is 0.256 e. The summed E-state index contributed by atoms with van der Waals surface area (Å²) in [5, 5.41) is 7.17. The van der Waals surface area contributed by atoms with Crippen LogP contribution in [0.5, 0.6) is 0 Å². The van der Waals surface area contributed by atoms with Gasteiger partial charge in [0, 0.05) is 42.7 Å². The summed E-state index contributed by atoms with van der Waals surface area (Å²) in [5.74, 6) is 0.419. The van der Waals surface area contributed by atoms with E-state index in [0.29, 0.717) is 28.3 Å². The molecular formula is C19H22N6O2.